The number of esters is 2. The third-order valence-electron chi connectivity index (χ3n) is 10.4. The van der Waals surface area contributed by atoms with Crippen LogP contribution in [0, 0.1) is 10.8 Å². The molecule has 11 nitrogen and oxygen atoms in total. The number of rotatable bonds is 27. The molecule has 0 aliphatic heterocycles. The van der Waals surface area contributed by atoms with Crippen LogP contribution in [0.25, 0.3) is 0 Å². The molecule has 312 valence electrons. The van der Waals surface area contributed by atoms with Crippen molar-refractivity contribution in [1.82, 2.24) is 0 Å². The van der Waals surface area contributed by atoms with Crippen molar-refractivity contribution in [3.63, 3.8) is 0 Å². The first kappa shape index (κ1) is 46.6. The normalized spacial score (nSPS) is 12.8. The summed E-state index contributed by atoms with van der Waals surface area (Å²) < 4.78 is 22.7. The van der Waals surface area contributed by atoms with E-state index < -0.39 is 10.8 Å². The number of azo groups is 2. The van der Waals surface area contributed by atoms with E-state index >= 15 is 0 Å². The molecule has 0 aliphatic carbocycles. The largest absolute Gasteiger partial charge is 0.494 e. The maximum atomic E-state index is 13.3. The lowest BCUT2D eigenvalue weighted by atomic mass is 9.72. The van der Waals surface area contributed by atoms with E-state index in [0.29, 0.717) is 61.1 Å². The Balaban J connectivity index is 1.49. The second kappa shape index (κ2) is 24.8. The van der Waals surface area contributed by atoms with Crippen molar-refractivity contribution in [2.45, 2.75) is 119 Å². The van der Waals surface area contributed by atoms with Crippen LogP contribution in [-0.4, -0.2) is 52.5 Å². The van der Waals surface area contributed by atoms with Gasteiger partial charge in [-0.15, -0.1) is 10.2 Å². The fourth-order valence-corrected chi connectivity index (χ4v) is 6.70. The highest BCUT2D eigenvalue weighted by molar-refractivity contribution is 5.80. The smallest absolute Gasteiger partial charge is 0.311 e. The van der Waals surface area contributed by atoms with Crippen LogP contribution in [0.3, 0.4) is 0 Å². The molecule has 3 aromatic rings. The molecule has 0 saturated heterocycles. The molecular formula is C46H67N5O6. The minimum atomic E-state index is -0.857. The number of benzene rings is 3. The van der Waals surface area contributed by atoms with Crippen LogP contribution in [0.4, 0.5) is 28.4 Å². The van der Waals surface area contributed by atoms with Crippen LogP contribution in [0.1, 0.15) is 119 Å². The molecule has 0 bridgehead atoms. The number of carbonyl (C=O) groups excluding carboxylic acids is 2. The SMILES string of the molecule is CCCCCCCCCCCCOC(=O)C(C)(CC)CC(C)(C)C(=O)OCCN(CC)c1ccc(N=Nc2cc(OC)c(N=Nc3ccccc3)cc2OC)cc1. The van der Waals surface area contributed by atoms with E-state index in [2.05, 4.69) is 39.2 Å². The van der Waals surface area contributed by atoms with E-state index in [-0.39, 0.29) is 18.5 Å². The predicted octanol–water partition coefficient (Wildman–Crippen LogP) is 13.2. The first-order valence-electron chi connectivity index (χ1n) is 20.8. The Labute approximate surface area is 341 Å². The lowest BCUT2D eigenvalue weighted by Gasteiger charge is -2.34. The van der Waals surface area contributed by atoms with Crippen LogP contribution in [0.5, 0.6) is 11.5 Å². The van der Waals surface area contributed by atoms with E-state index in [0.717, 1.165) is 24.2 Å². The van der Waals surface area contributed by atoms with Crippen molar-refractivity contribution in [2.24, 2.45) is 31.3 Å². The lowest BCUT2D eigenvalue weighted by Crippen LogP contribution is -2.39. The minimum absolute atomic E-state index is 0.214. The molecule has 0 heterocycles. The standard InChI is InChI=1S/C46H67N5O6/c1-9-12-13-14-15-16-17-18-19-23-31-56-44(53)46(6,10-2)35-45(4,5)43(52)57-32-30-51(11-3)38-28-26-37(27-29-38)48-50-40-34-41(54-7)39(33-42(40)55-8)49-47-36-24-21-20-22-25-36/h20-22,24-29,33-34H,9-19,23,30-32,35H2,1-8H3. The van der Waals surface area contributed by atoms with E-state index in [1.54, 1.807) is 26.4 Å². The van der Waals surface area contributed by atoms with Gasteiger partial charge in [-0.05, 0) is 83.4 Å². The molecule has 0 fully saturated rings. The molecule has 0 aliphatic rings. The second-order valence-corrected chi connectivity index (χ2v) is 15.5. The van der Waals surface area contributed by atoms with Crippen molar-refractivity contribution >= 4 is 40.4 Å². The summed E-state index contributed by atoms with van der Waals surface area (Å²) in [4.78, 5) is 28.7. The van der Waals surface area contributed by atoms with Gasteiger partial charge in [-0.25, -0.2) is 0 Å². The summed E-state index contributed by atoms with van der Waals surface area (Å²) in [5.41, 5.74) is 1.69. The second-order valence-electron chi connectivity index (χ2n) is 15.5. The number of hydrogen-bond acceptors (Lipinski definition) is 11. The molecular weight excluding hydrogens is 719 g/mol. The Kier molecular flexibility index (Phi) is 20.2. The van der Waals surface area contributed by atoms with Crippen LogP contribution in [0.2, 0.25) is 0 Å². The quantitative estimate of drug-likeness (QED) is 0.0428. The zero-order valence-electron chi connectivity index (χ0n) is 35.9. The van der Waals surface area contributed by atoms with Gasteiger partial charge < -0.3 is 23.8 Å². The maximum Gasteiger partial charge on any atom is 0.311 e. The fourth-order valence-electron chi connectivity index (χ4n) is 6.70. The van der Waals surface area contributed by atoms with Gasteiger partial charge in [0.25, 0.3) is 0 Å². The van der Waals surface area contributed by atoms with Crippen molar-refractivity contribution < 1.29 is 28.5 Å². The van der Waals surface area contributed by atoms with Gasteiger partial charge in [-0.2, -0.15) is 10.2 Å². The van der Waals surface area contributed by atoms with Gasteiger partial charge in [0.05, 0.1) is 49.6 Å². The first-order valence-corrected chi connectivity index (χ1v) is 20.8. The average Bonchev–Trinajstić information content (AvgIpc) is 3.22. The molecule has 0 spiro atoms. The molecule has 11 heteroatoms. The van der Waals surface area contributed by atoms with Crippen LogP contribution < -0.4 is 14.4 Å². The van der Waals surface area contributed by atoms with Gasteiger partial charge in [0.15, 0.2) is 0 Å². The number of unbranched alkanes of at least 4 members (excludes halogenated alkanes) is 9. The van der Waals surface area contributed by atoms with Crippen molar-refractivity contribution in [1.29, 1.82) is 0 Å². The molecule has 57 heavy (non-hydrogen) atoms. The minimum Gasteiger partial charge on any atom is -0.494 e. The monoisotopic (exact) mass is 786 g/mol. The van der Waals surface area contributed by atoms with Gasteiger partial charge in [-0.3, -0.25) is 9.59 Å². The molecule has 0 aromatic heterocycles. The first-order chi connectivity index (χ1) is 27.5. The van der Waals surface area contributed by atoms with Gasteiger partial charge in [-0.1, -0.05) is 89.8 Å². The number of hydrogen-bond donors (Lipinski definition) is 0. The summed E-state index contributed by atoms with van der Waals surface area (Å²) in [6, 6.07) is 20.5. The van der Waals surface area contributed by atoms with Crippen molar-refractivity contribution in [3.8, 4) is 11.5 Å². The number of nitrogens with zero attached hydrogens (tertiary/aromatic N) is 5. The highest BCUT2D eigenvalue weighted by Gasteiger charge is 2.43. The lowest BCUT2D eigenvalue weighted by molar-refractivity contribution is -0.163. The number of ether oxygens (including phenoxy) is 4. The van der Waals surface area contributed by atoms with Crippen molar-refractivity contribution in [2.75, 3.05) is 45.4 Å². The highest BCUT2D eigenvalue weighted by Crippen LogP contribution is 2.41. The molecule has 3 rings (SSSR count). The topological polar surface area (TPSA) is 124 Å². The predicted molar refractivity (Wildman–Crippen MR) is 229 cm³/mol. The van der Waals surface area contributed by atoms with Gasteiger partial charge in [0, 0.05) is 24.4 Å². The Bertz CT molecular complexity index is 1700. The average molecular weight is 786 g/mol. The molecule has 1 unspecified atom stereocenters. The Morgan fingerprint density at radius 2 is 1.12 bits per heavy atom. The van der Waals surface area contributed by atoms with Gasteiger partial charge in [0.2, 0.25) is 0 Å². The summed E-state index contributed by atoms with van der Waals surface area (Å²) in [5, 5.41) is 17.5. The fraction of sp³-hybridized carbons (Fsp3) is 0.565. The number of likely N-dealkylation sites (N-methyl/N-ethyl adjacent to an activating group) is 1. The highest BCUT2D eigenvalue weighted by atomic mass is 16.5. The summed E-state index contributed by atoms with van der Waals surface area (Å²) in [7, 11) is 3.12. The van der Waals surface area contributed by atoms with Crippen LogP contribution in [0.15, 0.2) is 87.2 Å². The van der Waals surface area contributed by atoms with E-state index in [9.17, 15) is 9.59 Å². The van der Waals surface area contributed by atoms with Crippen LogP contribution >= 0.6 is 0 Å². The summed E-state index contributed by atoms with van der Waals surface area (Å²) in [6.45, 7) is 13.7. The Morgan fingerprint density at radius 3 is 1.63 bits per heavy atom. The molecule has 0 amide bonds. The third kappa shape index (κ3) is 15.6. The maximum absolute atomic E-state index is 13.3. The zero-order valence-corrected chi connectivity index (χ0v) is 35.9. The van der Waals surface area contributed by atoms with E-state index in [1.165, 1.54) is 51.4 Å². The van der Waals surface area contributed by atoms with Crippen molar-refractivity contribution in [3.05, 3.63) is 66.7 Å². The molecule has 3 aromatic carbocycles. The van der Waals surface area contributed by atoms with E-state index in [4.69, 9.17) is 18.9 Å². The third-order valence-corrected chi connectivity index (χ3v) is 10.4. The number of anilines is 1. The summed E-state index contributed by atoms with van der Waals surface area (Å²) in [5.74, 6) is 0.405. The summed E-state index contributed by atoms with van der Waals surface area (Å²) >= 11 is 0. The molecule has 0 radical (unpaired) electrons. The van der Waals surface area contributed by atoms with Crippen LogP contribution in [-0.2, 0) is 19.1 Å². The zero-order chi connectivity index (χ0) is 41.5. The molecule has 1 atom stereocenters. The Hall–Kier alpha value is -4.80. The Morgan fingerprint density at radius 1 is 0.614 bits per heavy atom. The molecule has 0 N–H and O–H groups in total. The summed E-state index contributed by atoms with van der Waals surface area (Å²) in [6.07, 6.45) is 13.2. The van der Waals surface area contributed by atoms with Gasteiger partial charge >= 0.3 is 11.9 Å². The number of carbonyl (C=O) groups is 2. The van der Waals surface area contributed by atoms with Gasteiger partial charge in [0.1, 0.15) is 29.5 Å². The van der Waals surface area contributed by atoms with E-state index in [1.807, 2.05) is 82.3 Å². The molecule has 0 saturated carbocycles. The number of methoxy groups -OCH3 is 2.